The van der Waals surface area contributed by atoms with E-state index >= 15 is 0 Å². The maximum absolute atomic E-state index is 11.8. The highest BCUT2D eigenvalue weighted by Gasteiger charge is 2.35. The number of aromatic nitrogens is 1. The third-order valence-electron chi connectivity index (χ3n) is 3.39. The van der Waals surface area contributed by atoms with Crippen LogP contribution < -0.4 is 5.32 Å². The number of carboxylic acid groups (broad SMARTS) is 1. The molecule has 2 N–H and O–H groups in total. The van der Waals surface area contributed by atoms with Crippen molar-refractivity contribution in [3.05, 3.63) is 17.5 Å². The zero-order chi connectivity index (χ0) is 13.8. The van der Waals surface area contributed by atoms with Crippen LogP contribution in [0, 0.1) is 12.3 Å². The van der Waals surface area contributed by atoms with Crippen molar-refractivity contribution in [2.45, 2.75) is 33.6 Å². The Morgan fingerprint density at radius 2 is 2.06 bits per heavy atom. The molecular weight excluding hydrogens is 236 g/mol. The lowest BCUT2D eigenvalue weighted by molar-refractivity contribution is -0.149. The smallest absolute Gasteiger partial charge is 0.311 e. The van der Waals surface area contributed by atoms with E-state index in [2.05, 4.69) is 10.5 Å². The molecule has 0 aliphatic heterocycles. The zero-order valence-corrected chi connectivity index (χ0v) is 10.8. The first kappa shape index (κ1) is 14.2. The molecule has 0 aromatic carbocycles. The van der Waals surface area contributed by atoms with E-state index in [1.54, 1.807) is 20.8 Å². The van der Waals surface area contributed by atoms with E-state index in [1.165, 1.54) is 6.20 Å². The summed E-state index contributed by atoms with van der Waals surface area (Å²) in [6, 6.07) is 0. The standard InChI is InChI=1S/C12H18N2O4/c1-4-12(5-2,11(16)17)7-13-10(15)9-6-14-18-8(9)3/h6H,4-5,7H2,1-3H3,(H,13,15)(H,16,17). The molecule has 0 bridgehead atoms. The Morgan fingerprint density at radius 1 is 1.44 bits per heavy atom. The number of carbonyl (C=O) groups is 2. The number of hydrogen-bond donors (Lipinski definition) is 2. The van der Waals surface area contributed by atoms with Gasteiger partial charge in [0.05, 0.1) is 11.6 Å². The SMILES string of the molecule is CCC(CC)(CNC(=O)c1cnoc1C)C(=O)O. The molecule has 0 aliphatic carbocycles. The number of carbonyl (C=O) groups excluding carboxylic acids is 1. The predicted molar refractivity (Wildman–Crippen MR) is 64.2 cm³/mol. The van der Waals surface area contributed by atoms with E-state index < -0.39 is 11.4 Å². The summed E-state index contributed by atoms with van der Waals surface area (Å²) in [5.74, 6) is -0.836. The Hall–Kier alpha value is -1.85. The molecule has 0 radical (unpaired) electrons. The Labute approximate surface area is 105 Å². The van der Waals surface area contributed by atoms with Crippen LogP contribution in [-0.4, -0.2) is 28.7 Å². The van der Waals surface area contributed by atoms with E-state index in [0.717, 1.165) is 0 Å². The van der Waals surface area contributed by atoms with Gasteiger partial charge in [0.15, 0.2) is 0 Å². The number of hydrogen-bond acceptors (Lipinski definition) is 4. The van der Waals surface area contributed by atoms with Crippen LogP contribution in [0.15, 0.2) is 10.7 Å². The van der Waals surface area contributed by atoms with Gasteiger partial charge in [-0.25, -0.2) is 0 Å². The van der Waals surface area contributed by atoms with Gasteiger partial charge in [-0.15, -0.1) is 0 Å². The van der Waals surface area contributed by atoms with Crippen molar-refractivity contribution in [3.8, 4) is 0 Å². The fourth-order valence-corrected chi connectivity index (χ4v) is 1.74. The molecule has 0 fully saturated rings. The molecule has 0 atom stereocenters. The molecule has 6 heteroatoms. The van der Waals surface area contributed by atoms with Crippen LogP contribution in [0.2, 0.25) is 0 Å². The molecule has 0 aliphatic rings. The Morgan fingerprint density at radius 3 is 2.44 bits per heavy atom. The van der Waals surface area contributed by atoms with Gasteiger partial charge in [0.25, 0.3) is 5.91 Å². The van der Waals surface area contributed by atoms with Gasteiger partial charge in [-0.3, -0.25) is 9.59 Å². The average Bonchev–Trinajstić information content (AvgIpc) is 2.77. The van der Waals surface area contributed by atoms with Crippen LogP contribution >= 0.6 is 0 Å². The Kier molecular flexibility index (Phi) is 4.47. The summed E-state index contributed by atoms with van der Waals surface area (Å²) in [4.78, 5) is 23.1. The van der Waals surface area contributed by atoms with Gasteiger partial charge >= 0.3 is 5.97 Å². The molecule has 0 spiro atoms. The van der Waals surface area contributed by atoms with Gasteiger partial charge in [0, 0.05) is 6.54 Å². The summed E-state index contributed by atoms with van der Waals surface area (Å²) in [6.07, 6.45) is 2.24. The fourth-order valence-electron chi connectivity index (χ4n) is 1.74. The van der Waals surface area contributed by atoms with Gasteiger partial charge < -0.3 is 14.9 Å². The average molecular weight is 254 g/mol. The van der Waals surface area contributed by atoms with E-state index in [0.29, 0.717) is 24.2 Å². The normalized spacial score (nSPS) is 11.3. The van der Waals surface area contributed by atoms with Crippen molar-refractivity contribution in [3.63, 3.8) is 0 Å². The van der Waals surface area contributed by atoms with Crippen molar-refractivity contribution >= 4 is 11.9 Å². The molecule has 1 amide bonds. The van der Waals surface area contributed by atoms with Crippen molar-refractivity contribution in [2.75, 3.05) is 6.54 Å². The van der Waals surface area contributed by atoms with E-state index in [-0.39, 0.29) is 12.5 Å². The highest BCUT2D eigenvalue weighted by Crippen LogP contribution is 2.25. The number of aryl methyl sites for hydroxylation is 1. The van der Waals surface area contributed by atoms with E-state index in [9.17, 15) is 14.7 Å². The van der Waals surface area contributed by atoms with Crippen LogP contribution in [0.5, 0.6) is 0 Å². The minimum absolute atomic E-state index is 0.0960. The first-order valence-corrected chi connectivity index (χ1v) is 5.89. The van der Waals surface area contributed by atoms with Crippen LogP contribution in [-0.2, 0) is 4.79 Å². The number of nitrogens with one attached hydrogen (secondary N) is 1. The summed E-state index contributed by atoms with van der Waals surface area (Å²) in [5, 5.41) is 15.4. The van der Waals surface area contributed by atoms with Gasteiger partial charge in [-0.1, -0.05) is 19.0 Å². The van der Waals surface area contributed by atoms with Gasteiger partial charge in [-0.05, 0) is 19.8 Å². The third kappa shape index (κ3) is 2.69. The Bertz CT molecular complexity index is 435. The Balaban J connectivity index is 2.72. The molecule has 18 heavy (non-hydrogen) atoms. The minimum Gasteiger partial charge on any atom is -0.481 e. The van der Waals surface area contributed by atoms with Crippen molar-refractivity contribution in [1.29, 1.82) is 0 Å². The molecule has 1 aromatic heterocycles. The van der Waals surface area contributed by atoms with Crippen molar-refractivity contribution in [1.82, 2.24) is 10.5 Å². The summed E-state index contributed by atoms with van der Waals surface area (Å²) in [7, 11) is 0. The summed E-state index contributed by atoms with van der Waals surface area (Å²) in [5.41, 5.74) is -0.581. The fraction of sp³-hybridized carbons (Fsp3) is 0.583. The molecule has 1 aromatic rings. The molecular formula is C12H18N2O4. The maximum Gasteiger partial charge on any atom is 0.311 e. The number of nitrogens with zero attached hydrogens (tertiary/aromatic N) is 1. The number of rotatable bonds is 6. The first-order chi connectivity index (χ1) is 8.46. The molecule has 1 rings (SSSR count). The minimum atomic E-state index is -0.916. The molecule has 0 unspecified atom stereocenters. The van der Waals surface area contributed by atoms with Crippen molar-refractivity contribution < 1.29 is 19.2 Å². The largest absolute Gasteiger partial charge is 0.481 e. The third-order valence-corrected chi connectivity index (χ3v) is 3.39. The van der Waals surface area contributed by atoms with Gasteiger partial charge in [0.1, 0.15) is 11.3 Å². The zero-order valence-electron chi connectivity index (χ0n) is 10.8. The number of amides is 1. The second-order valence-corrected chi connectivity index (χ2v) is 4.27. The highest BCUT2D eigenvalue weighted by atomic mass is 16.5. The van der Waals surface area contributed by atoms with E-state index in [4.69, 9.17) is 4.52 Å². The molecule has 100 valence electrons. The number of carboxylic acids is 1. The molecule has 6 nitrogen and oxygen atoms in total. The number of aliphatic carboxylic acids is 1. The summed E-state index contributed by atoms with van der Waals surface area (Å²) < 4.78 is 4.79. The second-order valence-electron chi connectivity index (χ2n) is 4.27. The van der Waals surface area contributed by atoms with Crippen LogP contribution in [0.1, 0.15) is 42.8 Å². The summed E-state index contributed by atoms with van der Waals surface area (Å²) >= 11 is 0. The first-order valence-electron chi connectivity index (χ1n) is 5.89. The quantitative estimate of drug-likeness (QED) is 0.804. The van der Waals surface area contributed by atoms with E-state index in [1.807, 2.05) is 0 Å². The second kappa shape index (κ2) is 5.66. The topological polar surface area (TPSA) is 92.4 Å². The monoisotopic (exact) mass is 254 g/mol. The van der Waals surface area contributed by atoms with Gasteiger partial charge in [0.2, 0.25) is 0 Å². The molecule has 1 heterocycles. The molecule has 0 saturated heterocycles. The van der Waals surface area contributed by atoms with Crippen LogP contribution in [0.4, 0.5) is 0 Å². The molecule has 0 saturated carbocycles. The lowest BCUT2D eigenvalue weighted by Crippen LogP contribution is -2.42. The van der Waals surface area contributed by atoms with Crippen LogP contribution in [0.3, 0.4) is 0 Å². The lowest BCUT2D eigenvalue weighted by atomic mass is 9.82. The van der Waals surface area contributed by atoms with Crippen molar-refractivity contribution in [2.24, 2.45) is 5.41 Å². The van der Waals surface area contributed by atoms with Crippen LogP contribution in [0.25, 0.3) is 0 Å². The highest BCUT2D eigenvalue weighted by molar-refractivity contribution is 5.95. The predicted octanol–water partition coefficient (Wildman–Crippen LogP) is 1.60. The maximum atomic E-state index is 11.8. The lowest BCUT2D eigenvalue weighted by Gasteiger charge is -2.26. The summed E-state index contributed by atoms with van der Waals surface area (Å²) in [6.45, 7) is 5.33. The van der Waals surface area contributed by atoms with Gasteiger partial charge in [-0.2, -0.15) is 0 Å².